The van der Waals surface area contributed by atoms with Gasteiger partial charge in [-0.1, -0.05) is 44.4 Å². The van der Waals surface area contributed by atoms with Crippen LogP contribution in [-0.4, -0.2) is 14.8 Å². The molecule has 0 radical (unpaired) electrons. The molecule has 0 spiro atoms. The average Bonchev–Trinajstić information content (AvgIpc) is 2.72. The number of unbranched alkanes of at least 4 members (excludes halogenated alkanes) is 2. The first-order chi connectivity index (χ1) is 6.22. The molecule has 2 unspecified atom stereocenters. The lowest BCUT2D eigenvalue weighted by Crippen LogP contribution is -2.23. The lowest BCUT2D eigenvalue weighted by atomic mass is 9.92. The topological polar surface area (TPSA) is 20.2 Å². The Morgan fingerprint density at radius 2 is 2.00 bits per heavy atom. The highest BCUT2D eigenvalue weighted by Gasteiger charge is 2.65. The predicted octanol–water partition coefficient (Wildman–Crippen LogP) is 2.87. The fourth-order valence-corrected chi connectivity index (χ4v) is 3.21. The fourth-order valence-electron chi connectivity index (χ4n) is 1.93. The zero-order valence-electron chi connectivity index (χ0n) is 7.99. The quantitative estimate of drug-likeness (QED) is 0.551. The molecule has 0 aromatic heterocycles. The smallest absolute Gasteiger partial charge is 0.148 e. The summed E-state index contributed by atoms with van der Waals surface area (Å²) in [5.74, 6) is 0. The van der Waals surface area contributed by atoms with Crippen LogP contribution in [-0.2, 0) is 0 Å². The van der Waals surface area contributed by atoms with E-state index < -0.39 is 4.93 Å². The molecule has 0 saturated carbocycles. The first kappa shape index (κ1) is 9.35. The number of hydrogen-bond donors (Lipinski definition) is 1. The summed E-state index contributed by atoms with van der Waals surface area (Å²) in [5, 5.41) is 10.0. The van der Waals surface area contributed by atoms with Crippen LogP contribution < -0.4 is 0 Å². The second kappa shape index (κ2) is 3.18. The number of hydrogen-bond acceptors (Lipinski definition) is 2. The Hall–Kier alpha value is -0.210. The molecule has 2 rings (SSSR count). The maximum absolute atomic E-state index is 10.0. The normalized spacial score (nSPS) is 40.5. The zero-order valence-corrected chi connectivity index (χ0v) is 8.81. The minimum absolute atomic E-state index is 0.0386. The third-order valence-electron chi connectivity index (χ3n) is 2.85. The van der Waals surface area contributed by atoms with E-state index in [0.29, 0.717) is 0 Å². The van der Waals surface area contributed by atoms with Crippen LogP contribution in [0.15, 0.2) is 24.3 Å². The van der Waals surface area contributed by atoms with Gasteiger partial charge >= 0.3 is 0 Å². The Labute approximate surface area is 83.9 Å². The maximum Gasteiger partial charge on any atom is 0.148 e. The van der Waals surface area contributed by atoms with E-state index in [1.165, 1.54) is 19.3 Å². The summed E-state index contributed by atoms with van der Waals surface area (Å²) < 4.78 is 0.0386. The zero-order chi connectivity index (χ0) is 9.36. The first-order valence-electron chi connectivity index (χ1n) is 5.02. The number of aliphatic hydroxyl groups is 1. The van der Waals surface area contributed by atoms with Crippen LogP contribution in [0.5, 0.6) is 0 Å². The lowest BCUT2D eigenvalue weighted by Gasteiger charge is -2.15. The van der Waals surface area contributed by atoms with Gasteiger partial charge in [-0.15, -0.1) is 11.8 Å². The van der Waals surface area contributed by atoms with Gasteiger partial charge in [-0.2, -0.15) is 0 Å². The van der Waals surface area contributed by atoms with Crippen LogP contribution in [0.25, 0.3) is 0 Å². The Bertz CT molecular complexity index is 259. The van der Waals surface area contributed by atoms with Crippen molar-refractivity contribution in [1.29, 1.82) is 0 Å². The monoisotopic (exact) mass is 196 g/mol. The van der Waals surface area contributed by atoms with E-state index in [2.05, 4.69) is 19.1 Å². The summed E-state index contributed by atoms with van der Waals surface area (Å²) in [5.41, 5.74) is 0. The molecule has 1 N–H and O–H groups in total. The Morgan fingerprint density at radius 1 is 1.23 bits per heavy atom. The van der Waals surface area contributed by atoms with Crippen molar-refractivity contribution in [3.63, 3.8) is 0 Å². The number of allylic oxidation sites excluding steroid dienone is 2. The van der Waals surface area contributed by atoms with Crippen molar-refractivity contribution in [1.82, 2.24) is 0 Å². The molecule has 0 amide bonds. The molecule has 0 aromatic carbocycles. The van der Waals surface area contributed by atoms with Crippen molar-refractivity contribution in [3.05, 3.63) is 24.3 Å². The molecule has 1 aliphatic heterocycles. The van der Waals surface area contributed by atoms with Gasteiger partial charge in [0.2, 0.25) is 0 Å². The van der Waals surface area contributed by atoms with Gasteiger partial charge in [0.1, 0.15) is 4.93 Å². The van der Waals surface area contributed by atoms with Gasteiger partial charge < -0.3 is 5.11 Å². The number of fused-ring (bicyclic) bond motifs is 1. The predicted molar refractivity (Wildman–Crippen MR) is 57.7 cm³/mol. The molecule has 0 aromatic rings. The standard InChI is InChI=1S/C11H16OS/c1-2-3-4-7-10-8-5-6-9-11(10,12)13-10/h5-6,8-9,12H,2-4,7H2,1H3. The molecular formula is C11H16OS. The molecular weight excluding hydrogens is 180 g/mol. The van der Waals surface area contributed by atoms with Gasteiger partial charge in [0.15, 0.2) is 0 Å². The molecule has 13 heavy (non-hydrogen) atoms. The highest BCUT2D eigenvalue weighted by atomic mass is 32.2. The lowest BCUT2D eigenvalue weighted by molar-refractivity contribution is 0.194. The van der Waals surface area contributed by atoms with Crippen LogP contribution in [0.4, 0.5) is 0 Å². The molecule has 1 aliphatic carbocycles. The highest BCUT2D eigenvalue weighted by molar-refractivity contribution is 8.09. The summed E-state index contributed by atoms with van der Waals surface area (Å²) in [6.45, 7) is 2.21. The summed E-state index contributed by atoms with van der Waals surface area (Å²) in [4.78, 5) is -0.560. The van der Waals surface area contributed by atoms with Gasteiger partial charge in [-0.3, -0.25) is 0 Å². The van der Waals surface area contributed by atoms with Crippen LogP contribution in [0.3, 0.4) is 0 Å². The fraction of sp³-hybridized carbons (Fsp3) is 0.636. The van der Waals surface area contributed by atoms with Crippen LogP contribution >= 0.6 is 11.8 Å². The second-order valence-electron chi connectivity index (χ2n) is 3.86. The number of thioether (sulfide) groups is 1. The third-order valence-corrected chi connectivity index (χ3v) is 4.48. The molecule has 2 aliphatic rings. The molecule has 1 nitrogen and oxygen atoms in total. The summed E-state index contributed by atoms with van der Waals surface area (Å²) in [7, 11) is 0. The second-order valence-corrected chi connectivity index (χ2v) is 5.42. The van der Waals surface area contributed by atoms with E-state index in [1.807, 2.05) is 12.2 Å². The maximum atomic E-state index is 10.0. The van der Waals surface area contributed by atoms with E-state index in [1.54, 1.807) is 11.8 Å². The van der Waals surface area contributed by atoms with Crippen molar-refractivity contribution in [2.24, 2.45) is 0 Å². The molecule has 0 bridgehead atoms. The minimum Gasteiger partial charge on any atom is -0.374 e. The highest BCUT2D eigenvalue weighted by Crippen LogP contribution is 2.67. The van der Waals surface area contributed by atoms with Crippen molar-refractivity contribution < 1.29 is 5.11 Å². The van der Waals surface area contributed by atoms with E-state index >= 15 is 0 Å². The van der Waals surface area contributed by atoms with Crippen molar-refractivity contribution in [2.45, 2.75) is 42.3 Å². The molecule has 1 fully saturated rings. The number of rotatable bonds is 4. The van der Waals surface area contributed by atoms with Crippen LogP contribution in [0.2, 0.25) is 0 Å². The molecule has 2 atom stereocenters. The third kappa shape index (κ3) is 1.46. The molecule has 2 heteroatoms. The van der Waals surface area contributed by atoms with E-state index in [-0.39, 0.29) is 4.75 Å². The van der Waals surface area contributed by atoms with E-state index in [9.17, 15) is 5.11 Å². The van der Waals surface area contributed by atoms with Crippen LogP contribution in [0, 0.1) is 0 Å². The summed E-state index contributed by atoms with van der Waals surface area (Å²) in [6.07, 6.45) is 12.9. The minimum atomic E-state index is -0.560. The Kier molecular flexibility index (Phi) is 2.28. The van der Waals surface area contributed by atoms with Crippen molar-refractivity contribution in [3.8, 4) is 0 Å². The van der Waals surface area contributed by atoms with Crippen molar-refractivity contribution >= 4 is 11.8 Å². The van der Waals surface area contributed by atoms with Crippen LogP contribution in [0.1, 0.15) is 32.6 Å². The average molecular weight is 196 g/mol. The Morgan fingerprint density at radius 3 is 2.69 bits per heavy atom. The first-order valence-corrected chi connectivity index (χ1v) is 5.84. The van der Waals surface area contributed by atoms with Gasteiger partial charge in [-0.25, -0.2) is 0 Å². The Balaban J connectivity index is 1.93. The van der Waals surface area contributed by atoms with Gasteiger partial charge in [0, 0.05) is 0 Å². The van der Waals surface area contributed by atoms with Gasteiger partial charge in [0.25, 0.3) is 0 Å². The van der Waals surface area contributed by atoms with E-state index in [0.717, 1.165) is 6.42 Å². The van der Waals surface area contributed by atoms with Crippen molar-refractivity contribution in [2.75, 3.05) is 0 Å². The van der Waals surface area contributed by atoms with Gasteiger partial charge in [-0.05, 0) is 12.5 Å². The molecule has 1 saturated heterocycles. The SMILES string of the molecule is CCCCCC12C=CC=CC1(O)S2. The van der Waals surface area contributed by atoms with E-state index in [4.69, 9.17) is 0 Å². The summed E-state index contributed by atoms with van der Waals surface area (Å²) >= 11 is 1.68. The molecule has 1 heterocycles. The summed E-state index contributed by atoms with van der Waals surface area (Å²) in [6, 6.07) is 0. The largest absolute Gasteiger partial charge is 0.374 e. The molecule has 72 valence electrons. The van der Waals surface area contributed by atoms with Gasteiger partial charge in [0.05, 0.1) is 4.75 Å².